The number of ether oxygens (including phenoxy) is 12. The monoisotopic (exact) mass is 1490 g/mol. The van der Waals surface area contributed by atoms with Gasteiger partial charge in [-0.05, 0) is 131 Å². The Balaban J connectivity index is 0.000000228. The van der Waals surface area contributed by atoms with Gasteiger partial charge in [0.15, 0.2) is 29.4 Å². The Labute approximate surface area is 642 Å². The zero-order valence-electron chi connectivity index (χ0n) is 68.2. The van der Waals surface area contributed by atoms with Gasteiger partial charge in [-0.2, -0.15) is 0 Å². The lowest BCUT2D eigenvalue weighted by Crippen LogP contribution is -2.72. The summed E-state index contributed by atoms with van der Waals surface area (Å²) in [6.45, 7) is -13.3. The third-order valence-corrected chi connectivity index (χ3v) is 19.2. The molecule has 0 aromatic heterocycles. The molecule has 2 fully saturated rings. The van der Waals surface area contributed by atoms with Crippen molar-refractivity contribution in [3.8, 4) is 11.5 Å². The lowest BCUT2D eigenvalue weighted by atomic mass is 9.80. The number of methoxy groups -OCH3 is 2. The molecule has 10 aromatic carbocycles. The van der Waals surface area contributed by atoms with Gasteiger partial charge in [-0.3, -0.25) is 0 Å². The summed E-state index contributed by atoms with van der Waals surface area (Å²) in [7, 11) is 2.86. The van der Waals surface area contributed by atoms with Crippen molar-refractivity contribution in [1.29, 1.82) is 0 Å². The van der Waals surface area contributed by atoms with E-state index in [-0.39, 0.29) is 52.5 Å². The highest BCUT2D eigenvalue weighted by atomic mass is 35.5. The third kappa shape index (κ3) is 19.2. The van der Waals surface area contributed by atoms with Gasteiger partial charge in [-0.1, -0.05) is 229 Å². The number of benzene rings is 10. The first-order valence-electron chi connectivity index (χ1n) is 39.2. The predicted molar refractivity (Wildman–Crippen MR) is 400 cm³/mol. The highest BCUT2D eigenvalue weighted by molar-refractivity contribution is 6.31. The molecule has 2 aliphatic rings. The minimum atomic E-state index is -3.16. The van der Waals surface area contributed by atoms with Gasteiger partial charge in [0.25, 0.3) is 0 Å². The van der Waals surface area contributed by atoms with Gasteiger partial charge in [-0.15, -0.1) is 0 Å². The summed E-state index contributed by atoms with van der Waals surface area (Å²) in [5.41, 5.74) is 5.93. The molecule has 106 heavy (non-hydrogen) atoms. The van der Waals surface area contributed by atoms with Gasteiger partial charge >= 0.3 is 0 Å². The van der Waals surface area contributed by atoms with E-state index in [9.17, 15) is 15.0 Å². The first kappa shape index (κ1) is 65.7. The Morgan fingerprint density at radius 2 is 0.783 bits per heavy atom. The first-order chi connectivity index (χ1) is 55.6. The number of hydrogen-bond acceptors (Lipinski definition) is 15. The highest BCUT2D eigenvalue weighted by Crippen LogP contribution is 2.49. The number of aliphatic hydroxyl groups is 2. The summed E-state index contributed by atoms with van der Waals surface area (Å²) in [6.07, 6.45) is -6.60. The largest absolute Gasteiger partial charge is 0.491 e. The van der Waals surface area contributed by atoms with Crippen molar-refractivity contribution < 1.29 is 94.3 Å². The van der Waals surface area contributed by atoms with E-state index in [1.807, 2.05) is 182 Å². The second-order valence-corrected chi connectivity index (χ2v) is 26.1. The zero-order valence-corrected chi connectivity index (χ0v) is 59.7. The van der Waals surface area contributed by atoms with Gasteiger partial charge in [-0.25, -0.2) is 8.78 Å². The number of aldehydes is 1. The van der Waals surface area contributed by atoms with Crippen molar-refractivity contribution >= 4 is 29.5 Å². The average molecular weight is 1490 g/mol. The maximum atomic E-state index is 15.3. The van der Waals surface area contributed by atoms with E-state index >= 15 is 8.78 Å². The molecule has 2 aliphatic heterocycles. The standard InChI is InChI=1S/C44H46ClFO8.C43H42ClFO7/c1-3-50-39-22-19-34(24-38(39)46)23-35-25-36(20-21-37(35)45)44(49-2)42(53-28-33-17-11-6-12-18-33)40(51-26-31-13-7-4-8-14-31)41(43(29-47,30-48)54-44)52-27-32-15-9-5-10-16-32;1-3-48-38-22-19-33(24-37(38)45)23-34-25-35(20-21-36(34)44)43(47-2)42(51-29-32-17-11-6-12-18-32)41(50-28-31-15-9-5-10-16-31)40(39(26-46)52-43)49-27-30-13-7-4-8-14-30/h4-22,24-25,40-42,47-48H,3,23,26-30H2,1-2H3;4-22,24-26,39-42H,3,23,27-29H2,1-2H3/t40-,41-,42+,44-;39-,40-,41+,42-,43+/m01/s1/i2*1D3,3D2. The molecular weight excluding hydrogens is 1390 g/mol. The van der Waals surface area contributed by atoms with Crippen LogP contribution in [0.3, 0.4) is 0 Å². The maximum absolute atomic E-state index is 15.3. The van der Waals surface area contributed by atoms with Crippen LogP contribution < -0.4 is 9.47 Å². The molecule has 0 amide bonds. The fraction of sp³-hybridized carbons (Fsp3) is 0.299. The van der Waals surface area contributed by atoms with Crippen molar-refractivity contribution in [1.82, 2.24) is 0 Å². The van der Waals surface area contributed by atoms with E-state index in [1.54, 1.807) is 36.4 Å². The molecule has 10 aromatic rings. The number of aliphatic hydroxyl groups excluding tert-OH is 2. The number of carbonyl (C=O) groups is 1. The smallest absolute Gasteiger partial charge is 0.225 e. The van der Waals surface area contributed by atoms with Crippen LogP contribution in [-0.4, -0.2) is 105 Å². The van der Waals surface area contributed by atoms with Crippen LogP contribution in [0.25, 0.3) is 0 Å². The van der Waals surface area contributed by atoms with E-state index < -0.39 is 123 Å². The van der Waals surface area contributed by atoms with Crippen molar-refractivity contribution in [2.45, 2.75) is 126 Å². The Morgan fingerprint density at radius 3 is 1.14 bits per heavy atom. The summed E-state index contributed by atoms with van der Waals surface area (Å²) >= 11 is 13.5. The van der Waals surface area contributed by atoms with E-state index in [2.05, 4.69) is 0 Å². The summed E-state index contributed by atoms with van der Waals surface area (Å²) in [5.74, 6) is -6.72. The van der Waals surface area contributed by atoms with Crippen molar-refractivity contribution in [2.75, 3.05) is 40.6 Å². The van der Waals surface area contributed by atoms with Crippen LogP contribution in [0.15, 0.2) is 255 Å². The van der Waals surface area contributed by atoms with Crippen LogP contribution in [-0.2, 0) is 116 Å². The van der Waals surface area contributed by atoms with Gasteiger partial charge in [0.2, 0.25) is 11.6 Å². The van der Waals surface area contributed by atoms with Crippen LogP contribution in [0.4, 0.5) is 8.78 Å². The lowest BCUT2D eigenvalue weighted by Gasteiger charge is -2.56. The normalized spacial score (nSPS) is 23.0. The van der Waals surface area contributed by atoms with Crippen LogP contribution in [0.1, 0.15) is 94.2 Å². The second-order valence-electron chi connectivity index (χ2n) is 25.3. The summed E-state index contributed by atoms with van der Waals surface area (Å²) < 4.78 is 182. The molecule has 0 spiro atoms. The van der Waals surface area contributed by atoms with Gasteiger partial charge in [0.1, 0.15) is 48.3 Å². The Bertz CT molecular complexity index is 4790. The molecule has 0 saturated carbocycles. The topological polar surface area (TPSA) is 168 Å². The zero-order chi connectivity index (χ0) is 82.9. The minimum absolute atomic E-state index is 0.0489. The molecule has 2 saturated heterocycles. The molecule has 12 rings (SSSR count). The number of carbonyl (C=O) groups excluding carboxylic acids is 1. The molecule has 2 heterocycles. The van der Waals surface area contributed by atoms with Crippen molar-refractivity contribution in [3.63, 3.8) is 0 Å². The van der Waals surface area contributed by atoms with Gasteiger partial charge in [0, 0.05) is 43.6 Å². The predicted octanol–water partition coefficient (Wildman–Crippen LogP) is 16.4. The minimum Gasteiger partial charge on any atom is -0.491 e. The fourth-order valence-electron chi connectivity index (χ4n) is 13.1. The molecule has 0 bridgehead atoms. The molecule has 0 aliphatic carbocycles. The SMILES string of the molecule is [2H]C([2H])([2H])C([2H])([2H])Oc1ccc(Cc2cc([C@]3(OC)OC(CO)(CO)[C@@H](OCc4ccccc4)[C@H](OCc4ccccc4)[C@H]3OCc3ccccc3)ccc2Cl)cc1F.[2H]C([2H])([2H])C([2H])([2H])Oc1ccc(Cc2cc([C@]3(OC)O[C@H](C=O)[C@@H](OCc4ccccc4)[C@H](OCc4ccccc4)[C@H]3OCc3ccccc3)ccc2Cl)cc1F. The van der Waals surface area contributed by atoms with Crippen molar-refractivity contribution in [3.05, 3.63) is 343 Å². The van der Waals surface area contributed by atoms with Crippen LogP contribution in [0, 0.1) is 11.6 Å². The van der Waals surface area contributed by atoms with Gasteiger partial charge < -0.3 is 71.8 Å². The maximum Gasteiger partial charge on any atom is 0.225 e. The summed E-state index contributed by atoms with van der Waals surface area (Å²) in [5, 5.41) is 23.0. The van der Waals surface area contributed by atoms with Gasteiger partial charge in [0.05, 0.1) is 71.5 Å². The number of hydrogen-bond donors (Lipinski definition) is 2. The Hall–Kier alpha value is -8.57. The summed E-state index contributed by atoms with van der Waals surface area (Å²) in [6, 6.07) is 74.5. The molecule has 15 nitrogen and oxygen atoms in total. The molecule has 554 valence electrons. The quantitative estimate of drug-likeness (QED) is 0.0373. The third-order valence-electron chi connectivity index (χ3n) is 18.4. The van der Waals surface area contributed by atoms with Crippen molar-refractivity contribution in [2.24, 2.45) is 0 Å². The second kappa shape index (κ2) is 38.3. The molecule has 2 N–H and O–H groups in total. The van der Waals surface area contributed by atoms with E-state index in [4.69, 9.17) is 93.8 Å². The Morgan fingerprint density at radius 1 is 0.434 bits per heavy atom. The van der Waals surface area contributed by atoms with E-state index in [1.165, 1.54) is 32.4 Å². The van der Waals surface area contributed by atoms with E-state index in [0.29, 0.717) is 49.7 Å². The first-order valence-corrected chi connectivity index (χ1v) is 34.9. The summed E-state index contributed by atoms with van der Waals surface area (Å²) in [4.78, 5) is 13.0. The number of halogens is 4. The lowest BCUT2D eigenvalue weighted by molar-refractivity contribution is -0.417. The average Bonchev–Trinajstić information content (AvgIpc) is 0.681. The molecule has 19 heteroatoms. The fourth-order valence-corrected chi connectivity index (χ4v) is 13.4. The molecule has 9 atom stereocenters. The van der Waals surface area contributed by atoms with Crippen LogP contribution in [0.5, 0.6) is 11.5 Å². The molecular formula is C87H88Cl2F2O15. The van der Waals surface area contributed by atoms with E-state index in [0.717, 1.165) is 51.6 Å². The highest BCUT2D eigenvalue weighted by Gasteiger charge is 2.65. The molecule has 0 radical (unpaired) electrons. The molecule has 0 unspecified atom stereocenters. The van der Waals surface area contributed by atoms with Crippen LogP contribution >= 0.6 is 23.2 Å². The van der Waals surface area contributed by atoms with Crippen LogP contribution in [0.2, 0.25) is 10.0 Å². The Kier molecular flexibility index (Phi) is 23.7. The number of rotatable bonds is 33.